The highest BCUT2D eigenvalue weighted by Crippen LogP contribution is 2.01. The molecule has 1 heterocycles. The molecule has 1 N–H and O–H groups in total. The Morgan fingerprint density at radius 3 is 2.76 bits per heavy atom. The van der Waals surface area contributed by atoms with E-state index in [0.717, 1.165) is 25.9 Å². The van der Waals surface area contributed by atoms with Crippen molar-refractivity contribution in [1.82, 2.24) is 14.9 Å². The Hall–Kier alpha value is -0.680. The molecule has 96 valence electrons. The summed E-state index contributed by atoms with van der Waals surface area (Å²) in [6.07, 6.45) is 5.14. The lowest BCUT2D eigenvalue weighted by atomic mass is 10.1. The second-order valence-corrected chi connectivity index (χ2v) is 5.98. The average molecular weight is 302 g/mol. The van der Waals surface area contributed by atoms with E-state index >= 15 is 0 Å². The summed E-state index contributed by atoms with van der Waals surface area (Å²) in [4.78, 5) is 15.6. The number of hydrogen-bond acceptors (Lipinski definition) is 3. The first-order valence-electron chi connectivity index (χ1n) is 5.85. The highest BCUT2D eigenvalue weighted by atomic mass is 79.9. The molecule has 1 aromatic rings. The summed E-state index contributed by atoms with van der Waals surface area (Å²) in [5, 5.41) is 3.42. The number of rotatable bonds is 5. The molecule has 1 aromatic heterocycles. The maximum Gasteiger partial charge on any atom is 0.267 e. The molecule has 0 aliphatic rings. The van der Waals surface area contributed by atoms with Crippen LogP contribution < -0.4 is 10.9 Å². The smallest absolute Gasteiger partial charge is 0.267 e. The van der Waals surface area contributed by atoms with Gasteiger partial charge in [0.15, 0.2) is 0 Å². The van der Waals surface area contributed by atoms with Gasteiger partial charge in [0.05, 0.1) is 6.33 Å². The number of nitrogens with one attached hydrogen (secondary N) is 1. The monoisotopic (exact) mass is 301 g/mol. The summed E-state index contributed by atoms with van der Waals surface area (Å²) in [5.41, 5.74) is 0.150. The van der Waals surface area contributed by atoms with E-state index in [1.165, 1.54) is 6.20 Å². The Labute approximate surface area is 111 Å². The van der Waals surface area contributed by atoms with Gasteiger partial charge in [-0.2, -0.15) is 0 Å². The van der Waals surface area contributed by atoms with Gasteiger partial charge in [0, 0.05) is 18.3 Å². The molecule has 0 aliphatic carbocycles. The minimum atomic E-state index is -0.0104. The van der Waals surface area contributed by atoms with Crippen LogP contribution in [0.1, 0.15) is 33.6 Å². The molecule has 0 aromatic carbocycles. The number of unbranched alkanes of at least 4 members (excludes halogenated alkanes) is 1. The van der Waals surface area contributed by atoms with Gasteiger partial charge in [-0.05, 0) is 56.1 Å². The molecule has 0 aliphatic heterocycles. The lowest BCUT2D eigenvalue weighted by Gasteiger charge is -2.20. The van der Waals surface area contributed by atoms with E-state index in [1.807, 2.05) is 0 Å². The van der Waals surface area contributed by atoms with Crippen LogP contribution in [0.2, 0.25) is 0 Å². The quantitative estimate of drug-likeness (QED) is 0.848. The lowest BCUT2D eigenvalue weighted by molar-refractivity contribution is 0.413. The third-order valence-corrected chi connectivity index (χ3v) is 2.88. The van der Waals surface area contributed by atoms with Gasteiger partial charge in [0.1, 0.15) is 4.47 Å². The minimum Gasteiger partial charge on any atom is -0.312 e. The summed E-state index contributed by atoms with van der Waals surface area (Å²) < 4.78 is 2.16. The van der Waals surface area contributed by atoms with Crippen molar-refractivity contribution in [1.29, 1.82) is 0 Å². The number of halogens is 1. The second kappa shape index (κ2) is 6.31. The van der Waals surface area contributed by atoms with Crippen molar-refractivity contribution in [2.75, 3.05) is 6.54 Å². The van der Waals surface area contributed by atoms with Crippen molar-refractivity contribution in [3.05, 3.63) is 27.4 Å². The molecule has 17 heavy (non-hydrogen) atoms. The van der Waals surface area contributed by atoms with Crippen molar-refractivity contribution < 1.29 is 0 Å². The topological polar surface area (TPSA) is 46.9 Å². The van der Waals surface area contributed by atoms with Gasteiger partial charge >= 0.3 is 0 Å². The molecule has 0 saturated carbocycles. The molecule has 0 bridgehead atoms. The van der Waals surface area contributed by atoms with Crippen molar-refractivity contribution in [2.24, 2.45) is 0 Å². The van der Waals surface area contributed by atoms with Crippen LogP contribution in [-0.4, -0.2) is 21.6 Å². The number of aromatic nitrogens is 2. The fourth-order valence-electron chi connectivity index (χ4n) is 1.45. The van der Waals surface area contributed by atoms with Crippen LogP contribution in [-0.2, 0) is 6.54 Å². The molecule has 1 rings (SSSR count). The molecule has 0 fully saturated rings. The first-order chi connectivity index (χ1) is 7.90. The van der Waals surface area contributed by atoms with E-state index in [0.29, 0.717) is 4.47 Å². The normalized spacial score (nSPS) is 11.8. The van der Waals surface area contributed by atoms with Crippen LogP contribution in [0.5, 0.6) is 0 Å². The van der Waals surface area contributed by atoms with Gasteiger partial charge in [0.25, 0.3) is 5.56 Å². The predicted octanol–water partition coefficient (Wildman–Crippen LogP) is 2.17. The van der Waals surface area contributed by atoms with E-state index in [2.05, 4.69) is 47.0 Å². The number of nitrogens with zero attached hydrogens (tertiary/aromatic N) is 2. The van der Waals surface area contributed by atoms with Crippen LogP contribution >= 0.6 is 15.9 Å². The van der Waals surface area contributed by atoms with Gasteiger partial charge in [-0.15, -0.1) is 0 Å². The SMILES string of the molecule is CC(C)(C)NCCCCn1cncc(Br)c1=O. The fourth-order valence-corrected chi connectivity index (χ4v) is 1.80. The zero-order valence-electron chi connectivity index (χ0n) is 10.7. The van der Waals surface area contributed by atoms with E-state index in [-0.39, 0.29) is 11.1 Å². The molecular weight excluding hydrogens is 282 g/mol. The third-order valence-electron chi connectivity index (χ3n) is 2.34. The Balaban J connectivity index is 2.32. The fraction of sp³-hybridized carbons (Fsp3) is 0.667. The Morgan fingerprint density at radius 1 is 1.41 bits per heavy atom. The van der Waals surface area contributed by atoms with Crippen LogP contribution in [0.4, 0.5) is 0 Å². The molecule has 5 heteroatoms. The van der Waals surface area contributed by atoms with Crippen molar-refractivity contribution in [3.63, 3.8) is 0 Å². The molecule has 0 spiro atoms. The van der Waals surface area contributed by atoms with Crippen molar-refractivity contribution in [3.8, 4) is 0 Å². The van der Waals surface area contributed by atoms with Crippen LogP contribution in [0.3, 0.4) is 0 Å². The van der Waals surface area contributed by atoms with Crippen LogP contribution in [0.15, 0.2) is 21.8 Å². The first-order valence-corrected chi connectivity index (χ1v) is 6.64. The number of aryl methyl sites for hydroxylation is 1. The predicted molar refractivity (Wildman–Crippen MR) is 73.2 cm³/mol. The third kappa shape index (κ3) is 5.46. The zero-order valence-corrected chi connectivity index (χ0v) is 12.2. The van der Waals surface area contributed by atoms with E-state index in [4.69, 9.17) is 0 Å². The summed E-state index contributed by atoms with van der Waals surface area (Å²) >= 11 is 3.19. The standard InChI is InChI=1S/C12H20BrN3O/c1-12(2,3)15-6-4-5-7-16-9-14-8-10(13)11(16)17/h8-9,15H,4-7H2,1-3H3. The summed E-state index contributed by atoms with van der Waals surface area (Å²) in [6.45, 7) is 8.14. The van der Waals surface area contributed by atoms with E-state index < -0.39 is 0 Å². The highest BCUT2D eigenvalue weighted by Gasteiger charge is 2.07. The Morgan fingerprint density at radius 2 is 2.12 bits per heavy atom. The Bertz CT molecular complexity index is 409. The molecule has 0 atom stereocenters. The Kier molecular flexibility index (Phi) is 5.33. The van der Waals surface area contributed by atoms with Gasteiger partial charge in [-0.3, -0.25) is 9.36 Å². The molecular formula is C12H20BrN3O. The largest absolute Gasteiger partial charge is 0.312 e. The van der Waals surface area contributed by atoms with Crippen LogP contribution in [0.25, 0.3) is 0 Å². The second-order valence-electron chi connectivity index (χ2n) is 5.12. The maximum atomic E-state index is 11.7. The molecule has 0 radical (unpaired) electrons. The van der Waals surface area contributed by atoms with Gasteiger partial charge in [0.2, 0.25) is 0 Å². The zero-order chi connectivity index (χ0) is 12.9. The van der Waals surface area contributed by atoms with Gasteiger partial charge in [-0.25, -0.2) is 4.98 Å². The molecule has 0 amide bonds. The summed E-state index contributed by atoms with van der Waals surface area (Å²) in [6, 6.07) is 0. The van der Waals surface area contributed by atoms with Crippen LogP contribution in [0, 0.1) is 0 Å². The van der Waals surface area contributed by atoms with Crippen molar-refractivity contribution >= 4 is 15.9 Å². The van der Waals surface area contributed by atoms with Crippen molar-refractivity contribution in [2.45, 2.75) is 45.7 Å². The molecule has 0 saturated heterocycles. The molecule has 4 nitrogen and oxygen atoms in total. The highest BCUT2D eigenvalue weighted by molar-refractivity contribution is 9.10. The van der Waals surface area contributed by atoms with E-state index in [9.17, 15) is 4.79 Å². The lowest BCUT2D eigenvalue weighted by Crippen LogP contribution is -2.36. The van der Waals surface area contributed by atoms with Gasteiger partial charge < -0.3 is 5.32 Å². The first kappa shape index (κ1) is 14.4. The minimum absolute atomic E-state index is 0.0104. The van der Waals surface area contributed by atoms with E-state index in [1.54, 1.807) is 10.9 Å². The summed E-state index contributed by atoms with van der Waals surface area (Å²) in [7, 11) is 0. The average Bonchev–Trinajstić information content (AvgIpc) is 2.22. The summed E-state index contributed by atoms with van der Waals surface area (Å²) in [5.74, 6) is 0. The number of hydrogen-bond donors (Lipinski definition) is 1. The molecule has 0 unspecified atom stereocenters. The maximum absolute atomic E-state index is 11.7. The van der Waals surface area contributed by atoms with Gasteiger partial charge in [-0.1, -0.05) is 0 Å².